The number of ether oxygens (including phenoxy) is 3. The molecule has 0 heterocycles. The predicted molar refractivity (Wildman–Crippen MR) is 97.8 cm³/mol. The van der Waals surface area contributed by atoms with Crippen LogP contribution in [0.4, 0.5) is 0 Å². The quantitative estimate of drug-likeness (QED) is 0.710. The summed E-state index contributed by atoms with van der Waals surface area (Å²) < 4.78 is 16.9. The van der Waals surface area contributed by atoms with E-state index in [1.165, 1.54) is 0 Å². The van der Waals surface area contributed by atoms with Crippen LogP contribution in [-0.2, 0) is 16.1 Å². The van der Waals surface area contributed by atoms with Gasteiger partial charge in [0.2, 0.25) is 0 Å². The van der Waals surface area contributed by atoms with E-state index in [1.807, 2.05) is 63.2 Å². The van der Waals surface area contributed by atoms with E-state index in [0.717, 1.165) is 11.3 Å². The lowest BCUT2D eigenvalue weighted by Crippen LogP contribution is -2.43. The number of hydrogen-bond acceptors (Lipinski definition) is 4. The second-order valence-electron chi connectivity index (χ2n) is 7.36. The Labute approximate surface area is 149 Å². The van der Waals surface area contributed by atoms with Gasteiger partial charge in [0.1, 0.15) is 23.7 Å². The van der Waals surface area contributed by atoms with Crippen molar-refractivity contribution in [3.8, 4) is 11.5 Å². The van der Waals surface area contributed by atoms with E-state index in [0.29, 0.717) is 12.4 Å². The molecule has 134 valence electrons. The molecule has 0 N–H and O–H groups in total. The average molecular weight is 342 g/mol. The summed E-state index contributed by atoms with van der Waals surface area (Å²) in [6.07, 6.45) is 0. The third-order valence-electron chi connectivity index (χ3n) is 3.34. The van der Waals surface area contributed by atoms with Crippen LogP contribution in [0.2, 0.25) is 0 Å². The van der Waals surface area contributed by atoms with Crippen molar-refractivity contribution < 1.29 is 19.0 Å². The molecule has 0 aliphatic carbocycles. The first-order chi connectivity index (χ1) is 11.7. The summed E-state index contributed by atoms with van der Waals surface area (Å²) in [6.45, 7) is 9.39. The highest BCUT2D eigenvalue weighted by Crippen LogP contribution is 2.24. The van der Waals surface area contributed by atoms with Gasteiger partial charge in [-0.05, 0) is 64.4 Å². The lowest BCUT2D eigenvalue weighted by molar-refractivity contribution is -0.170. The lowest BCUT2D eigenvalue weighted by Gasteiger charge is -2.29. The van der Waals surface area contributed by atoms with Crippen LogP contribution in [0, 0.1) is 0 Å². The molecular formula is C21H26O4. The van der Waals surface area contributed by atoms with Gasteiger partial charge < -0.3 is 14.2 Å². The fourth-order valence-electron chi connectivity index (χ4n) is 2.08. The molecule has 0 unspecified atom stereocenters. The maximum atomic E-state index is 12.2. The van der Waals surface area contributed by atoms with Crippen molar-refractivity contribution in [2.75, 3.05) is 0 Å². The molecule has 2 aromatic rings. The van der Waals surface area contributed by atoms with Gasteiger partial charge in [0.15, 0.2) is 5.60 Å². The van der Waals surface area contributed by atoms with E-state index < -0.39 is 17.2 Å². The predicted octanol–water partition coefficient (Wildman–Crippen LogP) is 4.76. The van der Waals surface area contributed by atoms with Gasteiger partial charge in [0, 0.05) is 0 Å². The van der Waals surface area contributed by atoms with Gasteiger partial charge >= 0.3 is 5.97 Å². The Morgan fingerprint density at radius 3 is 1.96 bits per heavy atom. The van der Waals surface area contributed by atoms with E-state index in [4.69, 9.17) is 14.2 Å². The standard InChI is InChI=1S/C21H26O4/c1-20(2,3)25-19(22)21(4,5)24-18-13-11-17(12-14-18)23-15-16-9-7-6-8-10-16/h6-14H,15H2,1-5H3. The van der Waals surface area contributed by atoms with Gasteiger partial charge in [0.05, 0.1) is 0 Å². The molecule has 4 nitrogen and oxygen atoms in total. The molecule has 0 aliphatic heterocycles. The molecule has 0 fully saturated rings. The zero-order chi connectivity index (χ0) is 18.5. The van der Waals surface area contributed by atoms with Gasteiger partial charge in [0.25, 0.3) is 0 Å². The van der Waals surface area contributed by atoms with Gasteiger partial charge in [-0.25, -0.2) is 4.79 Å². The largest absolute Gasteiger partial charge is 0.489 e. The Kier molecular flexibility index (Phi) is 5.73. The first-order valence-electron chi connectivity index (χ1n) is 8.35. The fraction of sp³-hybridized carbons (Fsp3) is 0.381. The van der Waals surface area contributed by atoms with Crippen molar-refractivity contribution in [1.82, 2.24) is 0 Å². The van der Waals surface area contributed by atoms with Crippen molar-refractivity contribution in [1.29, 1.82) is 0 Å². The van der Waals surface area contributed by atoms with Crippen LogP contribution in [0.15, 0.2) is 54.6 Å². The van der Waals surface area contributed by atoms with Crippen LogP contribution < -0.4 is 9.47 Å². The summed E-state index contributed by atoms with van der Waals surface area (Å²) in [5, 5.41) is 0. The molecular weight excluding hydrogens is 316 g/mol. The van der Waals surface area contributed by atoms with Crippen LogP contribution in [0.3, 0.4) is 0 Å². The van der Waals surface area contributed by atoms with Crippen LogP contribution in [0.5, 0.6) is 11.5 Å². The maximum Gasteiger partial charge on any atom is 0.350 e. The molecule has 0 spiro atoms. The second kappa shape index (κ2) is 7.60. The fourth-order valence-corrected chi connectivity index (χ4v) is 2.08. The first-order valence-corrected chi connectivity index (χ1v) is 8.35. The van der Waals surface area contributed by atoms with Crippen LogP contribution in [0.25, 0.3) is 0 Å². The Hall–Kier alpha value is -2.49. The molecule has 0 amide bonds. The zero-order valence-corrected chi connectivity index (χ0v) is 15.5. The Bertz CT molecular complexity index is 682. The number of carbonyl (C=O) groups is 1. The minimum atomic E-state index is -1.07. The molecule has 0 radical (unpaired) electrons. The molecule has 0 bridgehead atoms. The lowest BCUT2D eigenvalue weighted by atomic mass is 10.1. The maximum absolute atomic E-state index is 12.2. The van der Waals surface area contributed by atoms with E-state index in [2.05, 4.69) is 0 Å². The van der Waals surface area contributed by atoms with Crippen molar-refractivity contribution in [3.05, 3.63) is 60.2 Å². The SMILES string of the molecule is CC(C)(C)OC(=O)C(C)(C)Oc1ccc(OCc2ccccc2)cc1. The summed E-state index contributed by atoms with van der Waals surface area (Å²) >= 11 is 0. The van der Waals surface area contributed by atoms with E-state index >= 15 is 0 Å². The normalized spacial score (nSPS) is 11.7. The average Bonchev–Trinajstić information content (AvgIpc) is 2.53. The Morgan fingerprint density at radius 1 is 0.840 bits per heavy atom. The molecule has 25 heavy (non-hydrogen) atoms. The molecule has 2 rings (SSSR count). The number of rotatable bonds is 6. The molecule has 0 aromatic heterocycles. The van der Waals surface area contributed by atoms with Gasteiger partial charge in [-0.15, -0.1) is 0 Å². The summed E-state index contributed by atoms with van der Waals surface area (Å²) in [5.74, 6) is 0.929. The van der Waals surface area contributed by atoms with Gasteiger partial charge in [-0.1, -0.05) is 30.3 Å². The van der Waals surface area contributed by atoms with Crippen molar-refractivity contribution >= 4 is 5.97 Å². The number of esters is 1. The van der Waals surface area contributed by atoms with E-state index in [1.54, 1.807) is 26.0 Å². The number of hydrogen-bond donors (Lipinski definition) is 0. The Morgan fingerprint density at radius 2 is 1.40 bits per heavy atom. The second-order valence-corrected chi connectivity index (χ2v) is 7.36. The molecule has 0 atom stereocenters. The van der Waals surface area contributed by atoms with Crippen molar-refractivity contribution in [2.24, 2.45) is 0 Å². The summed E-state index contributed by atoms with van der Waals surface area (Å²) in [4.78, 5) is 12.2. The highest BCUT2D eigenvalue weighted by atomic mass is 16.6. The molecule has 0 saturated carbocycles. The third-order valence-corrected chi connectivity index (χ3v) is 3.34. The topological polar surface area (TPSA) is 44.8 Å². The van der Waals surface area contributed by atoms with Crippen molar-refractivity contribution in [3.63, 3.8) is 0 Å². The van der Waals surface area contributed by atoms with E-state index in [-0.39, 0.29) is 0 Å². The summed E-state index contributed by atoms with van der Waals surface area (Å²) in [5.41, 5.74) is -0.513. The molecule has 0 saturated heterocycles. The molecule has 4 heteroatoms. The smallest absolute Gasteiger partial charge is 0.350 e. The third kappa shape index (κ3) is 6.14. The minimum Gasteiger partial charge on any atom is -0.489 e. The first kappa shape index (κ1) is 18.8. The number of benzene rings is 2. The van der Waals surface area contributed by atoms with E-state index in [9.17, 15) is 4.79 Å². The highest BCUT2D eigenvalue weighted by molar-refractivity contribution is 5.79. The van der Waals surface area contributed by atoms with Gasteiger partial charge in [-0.2, -0.15) is 0 Å². The Balaban J connectivity index is 1.94. The molecule has 2 aromatic carbocycles. The minimum absolute atomic E-state index is 0.399. The monoisotopic (exact) mass is 342 g/mol. The van der Waals surface area contributed by atoms with Crippen LogP contribution >= 0.6 is 0 Å². The van der Waals surface area contributed by atoms with Gasteiger partial charge in [-0.3, -0.25) is 0 Å². The van der Waals surface area contributed by atoms with Crippen molar-refractivity contribution in [2.45, 2.75) is 52.4 Å². The zero-order valence-electron chi connectivity index (χ0n) is 15.5. The summed E-state index contributed by atoms with van der Waals surface area (Å²) in [6, 6.07) is 17.2. The number of carbonyl (C=O) groups excluding carboxylic acids is 1. The van der Waals surface area contributed by atoms with Crippen LogP contribution in [-0.4, -0.2) is 17.2 Å². The highest BCUT2D eigenvalue weighted by Gasteiger charge is 2.34. The molecule has 0 aliphatic rings. The summed E-state index contributed by atoms with van der Waals surface area (Å²) in [7, 11) is 0. The van der Waals surface area contributed by atoms with Crippen LogP contribution in [0.1, 0.15) is 40.2 Å².